The first kappa shape index (κ1) is 10.3. The maximum absolute atomic E-state index is 13.1. The molecule has 0 saturated carbocycles. The largest absolute Gasteiger partial charge is 0.388 e. The minimum absolute atomic E-state index is 0.243. The van der Waals surface area contributed by atoms with Gasteiger partial charge < -0.3 is 5.11 Å². The van der Waals surface area contributed by atoms with E-state index in [1.54, 1.807) is 20.0 Å². The number of halogens is 1. The summed E-state index contributed by atoms with van der Waals surface area (Å²) >= 11 is 0. The van der Waals surface area contributed by atoms with E-state index in [0.717, 1.165) is 6.42 Å². The predicted molar refractivity (Wildman–Crippen MR) is 54.4 cm³/mol. The van der Waals surface area contributed by atoms with Crippen molar-refractivity contribution in [2.45, 2.75) is 25.9 Å². The molecular weight excluding hydrogens is 166 g/mol. The third kappa shape index (κ3) is 2.31. The van der Waals surface area contributed by atoms with Gasteiger partial charge in [-0.25, -0.2) is 4.39 Å². The Kier molecular flexibility index (Phi) is 3.49. The van der Waals surface area contributed by atoms with Crippen LogP contribution in [0.25, 0.3) is 0 Å². The lowest BCUT2D eigenvalue weighted by molar-refractivity contribution is 0.167. The molecule has 0 saturated heterocycles. The van der Waals surface area contributed by atoms with Gasteiger partial charge in [-0.3, -0.25) is 0 Å². The molecule has 1 rings (SSSR count). The monoisotopic (exact) mass is 180 g/mol. The molecule has 0 radical (unpaired) electrons. The summed E-state index contributed by atoms with van der Waals surface area (Å²) in [6.07, 6.45) is 1.06. The van der Waals surface area contributed by atoms with E-state index in [2.05, 4.69) is 0 Å². The minimum atomic E-state index is -0.527. The normalized spacial score (nSPS) is 12.8. The highest BCUT2D eigenvalue weighted by Crippen LogP contribution is 2.16. The van der Waals surface area contributed by atoms with E-state index in [1.165, 1.54) is 6.07 Å². The van der Waals surface area contributed by atoms with E-state index in [1.807, 2.05) is 6.92 Å². The van der Waals surface area contributed by atoms with Gasteiger partial charge in [0, 0.05) is 0 Å². The van der Waals surface area contributed by atoms with Gasteiger partial charge >= 0.3 is 0 Å². The van der Waals surface area contributed by atoms with Gasteiger partial charge in [0.05, 0.1) is 6.10 Å². The van der Waals surface area contributed by atoms with Crippen LogP contribution in [0.15, 0.2) is 18.2 Å². The first-order chi connectivity index (χ1) is 6.16. The highest BCUT2D eigenvalue weighted by Gasteiger charge is 2.10. The smallest absolute Gasteiger partial charge is 0.143 e. The lowest BCUT2D eigenvalue weighted by Crippen LogP contribution is -2.17. The van der Waals surface area contributed by atoms with Crippen LogP contribution in [-0.4, -0.2) is 13.0 Å². The summed E-state index contributed by atoms with van der Waals surface area (Å²) in [5.74, 6) is -0.243. The van der Waals surface area contributed by atoms with Crippen molar-refractivity contribution in [2.75, 3.05) is 0 Å². The van der Waals surface area contributed by atoms with Crippen LogP contribution in [0.1, 0.15) is 31.4 Å². The third-order valence-electron chi connectivity index (χ3n) is 2.23. The second-order valence-electron chi connectivity index (χ2n) is 3.26. The number of benzene rings is 1. The summed E-state index contributed by atoms with van der Waals surface area (Å²) in [4.78, 5) is 0. The SMILES string of the molecule is Bc1c(F)cccc1[C@H](O)CCC. The second kappa shape index (κ2) is 4.42. The van der Waals surface area contributed by atoms with Crippen LogP contribution >= 0.6 is 0 Å². The van der Waals surface area contributed by atoms with Crippen molar-refractivity contribution >= 4 is 13.3 Å². The molecule has 0 aromatic heterocycles. The van der Waals surface area contributed by atoms with Crippen LogP contribution in [0.2, 0.25) is 0 Å². The second-order valence-corrected chi connectivity index (χ2v) is 3.26. The van der Waals surface area contributed by atoms with E-state index in [9.17, 15) is 9.50 Å². The molecular formula is C10H14BFO. The molecule has 1 nitrogen and oxygen atoms in total. The Bertz CT molecular complexity index is 288. The molecule has 3 heteroatoms. The molecule has 0 heterocycles. The van der Waals surface area contributed by atoms with Crippen LogP contribution in [-0.2, 0) is 0 Å². The zero-order valence-electron chi connectivity index (χ0n) is 8.05. The summed E-state index contributed by atoms with van der Waals surface area (Å²) in [5.41, 5.74) is 1.27. The maximum atomic E-state index is 13.1. The molecule has 0 aliphatic heterocycles. The number of rotatable bonds is 3. The van der Waals surface area contributed by atoms with Gasteiger partial charge in [0.1, 0.15) is 13.7 Å². The van der Waals surface area contributed by atoms with Crippen molar-refractivity contribution in [1.29, 1.82) is 0 Å². The van der Waals surface area contributed by atoms with Crippen molar-refractivity contribution in [3.63, 3.8) is 0 Å². The first-order valence-electron chi connectivity index (χ1n) is 4.60. The Morgan fingerprint density at radius 1 is 1.54 bits per heavy atom. The molecule has 1 atom stereocenters. The number of hydrogen-bond acceptors (Lipinski definition) is 1. The summed E-state index contributed by atoms with van der Waals surface area (Å²) < 4.78 is 13.1. The zero-order valence-corrected chi connectivity index (χ0v) is 8.05. The predicted octanol–water partition coefficient (Wildman–Crippen LogP) is 0.918. The topological polar surface area (TPSA) is 20.2 Å². The van der Waals surface area contributed by atoms with E-state index < -0.39 is 6.10 Å². The van der Waals surface area contributed by atoms with Gasteiger partial charge in [-0.05, 0) is 23.5 Å². The van der Waals surface area contributed by atoms with Crippen molar-refractivity contribution in [3.8, 4) is 0 Å². The van der Waals surface area contributed by atoms with Crippen molar-refractivity contribution in [3.05, 3.63) is 29.6 Å². The lowest BCUT2D eigenvalue weighted by atomic mass is 9.86. The molecule has 13 heavy (non-hydrogen) atoms. The Morgan fingerprint density at radius 3 is 2.85 bits per heavy atom. The molecule has 0 bridgehead atoms. The number of hydrogen-bond donors (Lipinski definition) is 1. The van der Waals surface area contributed by atoms with E-state index in [4.69, 9.17) is 0 Å². The minimum Gasteiger partial charge on any atom is -0.388 e. The van der Waals surface area contributed by atoms with Gasteiger partial charge in [0.25, 0.3) is 0 Å². The molecule has 1 N–H and O–H groups in total. The van der Waals surface area contributed by atoms with E-state index in [0.29, 0.717) is 17.4 Å². The Morgan fingerprint density at radius 2 is 2.23 bits per heavy atom. The Balaban J connectivity index is 2.93. The van der Waals surface area contributed by atoms with Crippen LogP contribution < -0.4 is 5.46 Å². The van der Waals surface area contributed by atoms with Crippen molar-refractivity contribution in [2.24, 2.45) is 0 Å². The van der Waals surface area contributed by atoms with Gasteiger partial charge in [-0.2, -0.15) is 0 Å². The summed E-state index contributed by atoms with van der Waals surface area (Å²) in [5, 5.41) is 9.66. The van der Waals surface area contributed by atoms with Crippen molar-refractivity contribution < 1.29 is 9.50 Å². The molecule has 1 aromatic rings. The van der Waals surface area contributed by atoms with Crippen molar-refractivity contribution in [1.82, 2.24) is 0 Å². The molecule has 70 valence electrons. The fourth-order valence-electron chi connectivity index (χ4n) is 1.41. The highest BCUT2D eigenvalue weighted by molar-refractivity contribution is 6.33. The Labute approximate surface area is 79.0 Å². The summed E-state index contributed by atoms with van der Waals surface area (Å²) in [7, 11) is 1.70. The summed E-state index contributed by atoms with van der Waals surface area (Å²) in [6, 6.07) is 4.83. The maximum Gasteiger partial charge on any atom is 0.143 e. The average molecular weight is 180 g/mol. The van der Waals surface area contributed by atoms with Crippen LogP contribution in [0, 0.1) is 5.82 Å². The molecule has 0 fully saturated rings. The third-order valence-corrected chi connectivity index (χ3v) is 2.23. The molecule has 0 spiro atoms. The molecule has 0 aliphatic carbocycles. The van der Waals surface area contributed by atoms with Gasteiger partial charge in [0.2, 0.25) is 0 Å². The van der Waals surface area contributed by atoms with Gasteiger partial charge in [-0.1, -0.05) is 25.5 Å². The van der Waals surface area contributed by atoms with Crippen LogP contribution in [0.4, 0.5) is 4.39 Å². The van der Waals surface area contributed by atoms with Crippen LogP contribution in [0.3, 0.4) is 0 Å². The Hall–Kier alpha value is -0.825. The summed E-state index contributed by atoms with van der Waals surface area (Å²) in [6.45, 7) is 2.00. The highest BCUT2D eigenvalue weighted by atomic mass is 19.1. The van der Waals surface area contributed by atoms with Gasteiger partial charge in [0.15, 0.2) is 0 Å². The average Bonchev–Trinajstić information content (AvgIpc) is 2.10. The molecule has 0 amide bonds. The fourth-order valence-corrected chi connectivity index (χ4v) is 1.41. The standard InChI is InChI=1S/C10H14BFO/c1-2-4-9(13)7-5-3-6-8(12)10(7)11/h3,5-6,9,13H,2,4,11H2,1H3/t9-/m1/s1. The molecule has 1 aromatic carbocycles. The number of aliphatic hydroxyl groups excluding tert-OH is 1. The lowest BCUT2D eigenvalue weighted by Gasteiger charge is -2.12. The van der Waals surface area contributed by atoms with E-state index >= 15 is 0 Å². The first-order valence-corrected chi connectivity index (χ1v) is 4.60. The molecule has 0 unspecified atom stereocenters. The quantitative estimate of drug-likeness (QED) is 0.685. The number of aliphatic hydroxyl groups is 1. The molecule has 0 aliphatic rings. The van der Waals surface area contributed by atoms with Gasteiger partial charge in [-0.15, -0.1) is 0 Å². The zero-order chi connectivity index (χ0) is 9.84. The fraction of sp³-hybridized carbons (Fsp3) is 0.400. The van der Waals surface area contributed by atoms with E-state index in [-0.39, 0.29) is 5.82 Å². The van der Waals surface area contributed by atoms with Crippen LogP contribution in [0.5, 0.6) is 0 Å².